The first-order valence-corrected chi connectivity index (χ1v) is 9.94. The minimum Gasteiger partial charge on any atom is -0.481 e. The molecule has 2 aromatic rings. The molecule has 0 radical (unpaired) electrons. The predicted octanol–water partition coefficient (Wildman–Crippen LogP) is 4.97. The second-order valence-electron chi connectivity index (χ2n) is 6.31. The molecule has 1 unspecified atom stereocenters. The van der Waals surface area contributed by atoms with Crippen LogP contribution in [-0.4, -0.2) is 41.5 Å². The van der Waals surface area contributed by atoms with Crippen molar-refractivity contribution in [1.82, 2.24) is 9.88 Å². The molecule has 0 saturated carbocycles. The van der Waals surface area contributed by atoms with Crippen molar-refractivity contribution in [3.63, 3.8) is 0 Å². The third kappa shape index (κ3) is 4.13. The van der Waals surface area contributed by atoms with Crippen LogP contribution in [0.3, 0.4) is 0 Å². The van der Waals surface area contributed by atoms with E-state index in [0.717, 1.165) is 29.5 Å². The van der Waals surface area contributed by atoms with Crippen molar-refractivity contribution in [2.75, 3.05) is 26.5 Å². The van der Waals surface area contributed by atoms with Gasteiger partial charge in [0.1, 0.15) is 5.82 Å². The largest absolute Gasteiger partial charge is 0.481 e. The highest BCUT2D eigenvalue weighted by atomic mass is 35.5. The molecule has 7 heteroatoms. The minimum atomic E-state index is -0.306. The van der Waals surface area contributed by atoms with Gasteiger partial charge in [-0.3, -0.25) is 0 Å². The smallest absolute Gasteiger partial charge is 0.213 e. The molecule has 1 aromatic carbocycles. The molecule has 1 saturated heterocycles. The molecule has 2 heterocycles. The summed E-state index contributed by atoms with van der Waals surface area (Å²) >= 11 is 7.88. The Balaban J connectivity index is 1.80. The number of pyridine rings is 1. The molecule has 0 N–H and O–H groups in total. The van der Waals surface area contributed by atoms with Crippen molar-refractivity contribution in [3.05, 3.63) is 52.9 Å². The van der Waals surface area contributed by atoms with Gasteiger partial charge in [0, 0.05) is 30.1 Å². The van der Waals surface area contributed by atoms with Gasteiger partial charge < -0.3 is 9.64 Å². The summed E-state index contributed by atoms with van der Waals surface area (Å²) in [6.45, 7) is 3.87. The van der Waals surface area contributed by atoms with E-state index < -0.39 is 0 Å². The van der Waals surface area contributed by atoms with Crippen LogP contribution in [0.25, 0.3) is 0 Å². The quantitative estimate of drug-likeness (QED) is 0.545. The van der Waals surface area contributed by atoms with E-state index in [1.165, 1.54) is 12.1 Å². The number of ether oxygens (including phenoxy) is 1. The van der Waals surface area contributed by atoms with Gasteiger partial charge in [0.2, 0.25) is 5.88 Å². The lowest BCUT2D eigenvalue weighted by atomic mass is 9.90. The monoisotopic (exact) mass is 393 g/mol. The maximum atomic E-state index is 13.4. The minimum absolute atomic E-state index is 0.245. The second-order valence-corrected chi connectivity index (χ2v) is 7.49. The van der Waals surface area contributed by atoms with Gasteiger partial charge in [-0.25, -0.2) is 14.4 Å². The maximum Gasteiger partial charge on any atom is 0.213 e. The molecule has 26 heavy (non-hydrogen) atoms. The van der Waals surface area contributed by atoms with Crippen molar-refractivity contribution in [2.45, 2.75) is 12.8 Å². The van der Waals surface area contributed by atoms with Crippen LogP contribution in [0.4, 0.5) is 10.1 Å². The van der Waals surface area contributed by atoms with Crippen LogP contribution in [0.2, 0.25) is 5.02 Å². The molecule has 2 atom stereocenters. The number of nitrogens with zero attached hydrogens (tertiary/aromatic N) is 3. The zero-order valence-electron chi connectivity index (χ0n) is 14.9. The van der Waals surface area contributed by atoms with Crippen molar-refractivity contribution >= 4 is 34.2 Å². The number of halogens is 2. The summed E-state index contributed by atoms with van der Waals surface area (Å²) in [6, 6.07) is 8.34. The first-order chi connectivity index (χ1) is 12.5. The van der Waals surface area contributed by atoms with Crippen molar-refractivity contribution in [3.8, 4) is 5.88 Å². The second kappa shape index (κ2) is 8.27. The number of likely N-dealkylation sites (tertiary alicyclic amines) is 1. The Morgan fingerprint density at radius 2 is 2.15 bits per heavy atom. The lowest BCUT2D eigenvalue weighted by molar-refractivity contribution is 0.398. The van der Waals surface area contributed by atoms with Gasteiger partial charge >= 0.3 is 0 Å². The molecule has 0 amide bonds. The SMILES string of the molecule is COc1ccc(N=C(SC)N2CC(c3ccc(F)cc3Cl)[C@@H](C)C2)cn1. The van der Waals surface area contributed by atoms with E-state index in [0.29, 0.717) is 16.8 Å². The van der Waals surface area contributed by atoms with E-state index in [9.17, 15) is 4.39 Å². The molecule has 4 nitrogen and oxygen atoms in total. The Morgan fingerprint density at radius 3 is 2.77 bits per heavy atom. The molecule has 1 aliphatic heterocycles. The Bertz CT molecular complexity index is 800. The van der Waals surface area contributed by atoms with Gasteiger partial charge in [-0.05, 0) is 35.9 Å². The van der Waals surface area contributed by atoms with Crippen molar-refractivity contribution < 1.29 is 9.13 Å². The lowest BCUT2D eigenvalue weighted by Gasteiger charge is -2.19. The summed E-state index contributed by atoms with van der Waals surface area (Å²) in [5.74, 6) is 0.897. The van der Waals surface area contributed by atoms with Crippen LogP contribution in [0.1, 0.15) is 18.4 Å². The van der Waals surface area contributed by atoms with Crippen molar-refractivity contribution in [1.29, 1.82) is 0 Å². The Morgan fingerprint density at radius 1 is 1.35 bits per heavy atom. The summed E-state index contributed by atoms with van der Waals surface area (Å²) in [6.07, 6.45) is 3.71. The van der Waals surface area contributed by atoms with Gasteiger partial charge in [-0.2, -0.15) is 0 Å². The number of benzene rings is 1. The van der Waals surface area contributed by atoms with E-state index in [1.54, 1.807) is 37.2 Å². The summed E-state index contributed by atoms with van der Waals surface area (Å²) in [5.41, 5.74) is 1.78. The number of aliphatic imine (C=N–C) groups is 1. The van der Waals surface area contributed by atoms with Gasteiger partial charge in [0.25, 0.3) is 0 Å². The Labute approximate surface area is 162 Å². The molecule has 3 rings (SSSR count). The fourth-order valence-electron chi connectivity index (χ4n) is 3.25. The van der Waals surface area contributed by atoms with E-state index in [2.05, 4.69) is 16.8 Å². The molecule has 0 aliphatic carbocycles. The lowest BCUT2D eigenvalue weighted by Crippen LogP contribution is -2.26. The third-order valence-corrected chi connectivity index (χ3v) is 5.62. The number of hydrogen-bond acceptors (Lipinski definition) is 4. The number of hydrogen-bond donors (Lipinski definition) is 0. The van der Waals surface area contributed by atoms with Crippen LogP contribution >= 0.6 is 23.4 Å². The first kappa shape index (κ1) is 19.0. The van der Waals surface area contributed by atoms with Crippen LogP contribution in [0.15, 0.2) is 41.5 Å². The van der Waals surface area contributed by atoms with Gasteiger partial charge in [0.05, 0.1) is 19.0 Å². The van der Waals surface area contributed by atoms with E-state index in [-0.39, 0.29) is 11.7 Å². The zero-order valence-corrected chi connectivity index (χ0v) is 16.5. The topological polar surface area (TPSA) is 37.7 Å². The van der Waals surface area contributed by atoms with E-state index in [1.807, 2.05) is 12.3 Å². The normalized spacial score (nSPS) is 20.5. The molecule has 1 fully saturated rings. The first-order valence-electron chi connectivity index (χ1n) is 8.34. The molecule has 138 valence electrons. The third-order valence-electron chi connectivity index (χ3n) is 4.58. The summed E-state index contributed by atoms with van der Waals surface area (Å²) in [5, 5.41) is 1.43. The van der Waals surface area contributed by atoms with Crippen LogP contribution in [0, 0.1) is 11.7 Å². The molecule has 0 spiro atoms. The molecule has 1 aromatic heterocycles. The number of methoxy groups -OCH3 is 1. The maximum absolute atomic E-state index is 13.4. The molecule has 0 bridgehead atoms. The van der Waals surface area contributed by atoms with Gasteiger partial charge in [-0.1, -0.05) is 36.4 Å². The molecule has 1 aliphatic rings. The fraction of sp³-hybridized carbons (Fsp3) is 0.368. The predicted molar refractivity (Wildman–Crippen MR) is 106 cm³/mol. The number of rotatable bonds is 3. The molecular weight excluding hydrogens is 373 g/mol. The van der Waals surface area contributed by atoms with Crippen molar-refractivity contribution in [2.24, 2.45) is 10.9 Å². The van der Waals surface area contributed by atoms with E-state index in [4.69, 9.17) is 21.3 Å². The zero-order chi connectivity index (χ0) is 18.7. The number of amidine groups is 1. The van der Waals surface area contributed by atoms with Crippen LogP contribution < -0.4 is 4.74 Å². The standard InChI is InChI=1S/C19H21ClFN3OS/c1-12-10-24(11-16(12)15-6-4-13(21)8-17(15)20)19(26-3)23-14-5-7-18(25-2)22-9-14/h4-9,12,16H,10-11H2,1-3H3/t12-,16?/m0/s1. The summed E-state index contributed by atoms with van der Waals surface area (Å²) in [4.78, 5) is 11.2. The summed E-state index contributed by atoms with van der Waals surface area (Å²) < 4.78 is 18.4. The van der Waals surface area contributed by atoms with E-state index >= 15 is 0 Å². The van der Waals surface area contributed by atoms with Crippen LogP contribution in [0.5, 0.6) is 5.88 Å². The average Bonchev–Trinajstić information content (AvgIpc) is 3.01. The van der Waals surface area contributed by atoms with Crippen LogP contribution in [-0.2, 0) is 0 Å². The van der Waals surface area contributed by atoms with Gasteiger partial charge in [-0.15, -0.1) is 0 Å². The summed E-state index contributed by atoms with van der Waals surface area (Å²) in [7, 11) is 1.59. The Hall–Kier alpha value is -1.79. The highest BCUT2D eigenvalue weighted by Gasteiger charge is 2.33. The Kier molecular flexibility index (Phi) is 6.04. The highest BCUT2D eigenvalue weighted by Crippen LogP contribution is 2.37. The molecular formula is C19H21ClFN3OS. The number of aromatic nitrogens is 1. The number of thioether (sulfide) groups is 1. The van der Waals surface area contributed by atoms with Gasteiger partial charge in [0.15, 0.2) is 5.17 Å². The fourth-order valence-corrected chi connectivity index (χ4v) is 4.16. The average molecular weight is 394 g/mol. The highest BCUT2D eigenvalue weighted by molar-refractivity contribution is 8.13.